The Morgan fingerprint density at radius 1 is 0.941 bits per heavy atom. The van der Waals surface area contributed by atoms with E-state index in [1.165, 1.54) is 24.0 Å². The van der Waals surface area contributed by atoms with E-state index in [9.17, 15) is 0 Å². The molecular weight excluding hydrogens is 207 g/mol. The first-order chi connectivity index (χ1) is 8.17. The summed E-state index contributed by atoms with van der Waals surface area (Å²) >= 11 is 0. The van der Waals surface area contributed by atoms with Crippen LogP contribution in [0.5, 0.6) is 0 Å². The van der Waals surface area contributed by atoms with Gasteiger partial charge in [-0.1, -0.05) is 31.4 Å². The third-order valence-corrected chi connectivity index (χ3v) is 2.76. The second-order valence-electron chi connectivity index (χ2n) is 4.65. The van der Waals surface area contributed by atoms with Crippen molar-refractivity contribution >= 4 is 18.6 Å². The van der Waals surface area contributed by atoms with Crippen molar-refractivity contribution in [2.45, 2.75) is 26.7 Å². The molecule has 1 radical (unpaired) electrons. The maximum atomic E-state index is 2.41. The van der Waals surface area contributed by atoms with Gasteiger partial charge >= 0.3 is 0 Å². The predicted molar refractivity (Wildman–Crippen MR) is 78.3 cm³/mol. The molecule has 17 heavy (non-hydrogen) atoms. The molecule has 0 fully saturated rings. The van der Waals surface area contributed by atoms with Gasteiger partial charge in [-0.2, -0.15) is 0 Å². The van der Waals surface area contributed by atoms with E-state index in [-0.39, 0.29) is 0 Å². The van der Waals surface area contributed by atoms with Crippen LogP contribution in [-0.4, -0.2) is 39.4 Å². The lowest BCUT2D eigenvalue weighted by Gasteiger charge is -2.20. The first kappa shape index (κ1) is 14.1. The zero-order valence-corrected chi connectivity index (χ0v) is 11.6. The summed E-state index contributed by atoms with van der Waals surface area (Å²) in [5.74, 6) is 0. The van der Waals surface area contributed by atoms with Gasteiger partial charge in [0.05, 0.1) is 0 Å². The van der Waals surface area contributed by atoms with Crippen molar-refractivity contribution in [2.75, 3.05) is 32.1 Å². The quantitative estimate of drug-likeness (QED) is 0.663. The number of rotatable bonds is 7. The highest BCUT2D eigenvalue weighted by atomic mass is 15.1. The normalized spacial score (nSPS) is 10.6. The van der Waals surface area contributed by atoms with Gasteiger partial charge in [-0.15, -0.1) is 0 Å². The second-order valence-corrected chi connectivity index (χ2v) is 4.65. The molecule has 0 saturated carbocycles. The van der Waals surface area contributed by atoms with Crippen LogP contribution in [0.3, 0.4) is 0 Å². The smallest absolute Gasteiger partial charge is 0.247 e. The van der Waals surface area contributed by atoms with Crippen molar-refractivity contribution in [1.29, 1.82) is 0 Å². The zero-order valence-electron chi connectivity index (χ0n) is 11.6. The molecule has 0 atom stereocenters. The number of hydrogen-bond acceptors (Lipinski definition) is 2. The summed E-state index contributed by atoms with van der Waals surface area (Å²) in [4.78, 5) is 4.53. The fraction of sp³-hybridized carbons (Fsp3) is 0.571. The highest BCUT2D eigenvalue weighted by Crippen LogP contribution is 2.07. The Hall–Kier alpha value is -0.955. The molecule has 0 aromatic heterocycles. The summed E-state index contributed by atoms with van der Waals surface area (Å²) in [7, 11) is 6.41. The largest absolute Gasteiger partial charge is 0.378 e. The minimum Gasteiger partial charge on any atom is -0.378 e. The summed E-state index contributed by atoms with van der Waals surface area (Å²) in [5.41, 5.74) is 2.54. The Morgan fingerprint density at radius 3 is 1.88 bits per heavy atom. The molecule has 0 spiro atoms. The summed E-state index contributed by atoms with van der Waals surface area (Å²) in [6, 6.07) is 8.71. The van der Waals surface area contributed by atoms with Crippen LogP contribution >= 0.6 is 0 Å². The van der Waals surface area contributed by atoms with Crippen molar-refractivity contribution in [3.8, 4) is 0 Å². The molecule has 0 saturated heterocycles. The van der Waals surface area contributed by atoms with Crippen LogP contribution in [-0.2, 0) is 0 Å². The Morgan fingerprint density at radius 2 is 1.47 bits per heavy atom. The summed E-state index contributed by atoms with van der Waals surface area (Å²) in [6.45, 7) is 6.74. The van der Waals surface area contributed by atoms with E-state index in [0.717, 1.165) is 13.1 Å². The predicted octanol–water partition coefficient (Wildman–Crippen LogP) is 2.12. The van der Waals surface area contributed by atoms with Crippen molar-refractivity contribution in [3.63, 3.8) is 0 Å². The molecule has 93 valence electrons. The molecule has 1 rings (SSSR count). The van der Waals surface area contributed by atoms with Crippen LogP contribution in [0.1, 0.15) is 26.7 Å². The fourth-order valence-electron chi connectivity index (χ4n) is 1.88. The number of anilines is 1. The van der Waals surface area contributed by atoms with Crippen molar-refractivity contribution in [2.24, 2.45) is 0 Å². The summed E-state index contributed by atoms with van der Waals surface area (Å²) in [6.07, 6.45) is 2.40. The van der Waals surface area contributed by atoms with E-state index in [0.29, 0.717) is 0 Å². The van der Waals surface area contributed by atoms with E-state index in [2.05, 4.69) is 69.3 Å². The van der Waals surface area contributed by atoms with Crippen LogP contribution in [0.25, 0.3) is 0 Å². The molecule has 0 bridgehead atoms. The van der Waals surface area contributed by atoms with Gasteiger partial charge in [0.25, 0.3) is 0 Å². The number of hydrogen-bond donors (Lipinski definition) is 0. The van der Waals surface area contributed by atoms with Gasteiger partial charge in [0.1, 0.15) is 0 Å². The molecule has 0 aliphatic carbocycles. The number of nitrogens with zero attached hydrogens (tertiary/aromatic N) is 2. The monoisotopic (exact) mass is 231 g/mol. The highest BCUT2D eigenvalue weighted by Gasteiger charge is 2.06. The molecule has 0 aliphatic heterocycles. The fourth-order valence-corrected chi connectivity index (χ4v) is 1.88. The molecule has 2 nitrogen and oxygen atoms in total. The van der Waals surface area contributed by atoms with Crippen LogP contribution in [0, 0.1) is 0 Å². The second kappa shape index (κ2) is 7.39. The van der Waals surface area contributed by atoms with Gasteiger partial charge in [0, 0.05) is 19.8 Å². The Bertz CT molecular complexity index is 303. The van der Waals surface area contributed by atoms with Crippen molar-refractivity contribution in [3.05, 3.63) is 24.3 Å². The maximum Gasteiger partial charge on any atom is 0.247 e. The summed E-state index contributed by atoms with van der Waals surface area (Å²) in [5, 5.41) is 0. The zero-order chi connectivity index (χ0) is 12.7. The van der Waals surface area contributed by atoms with Crippen LogP contribution < -0.4 is 10.4 Å². The minimum absolute atomic E-state index is 1.14. The molecule has 3 heteroatoms. The van der Waals surface area contributed by atoms with Crippen molar-refractivity contribution < 1.29 is 0 Å². The lowest BCUT2D eigenvalue weighted by Crippen LogP contribution is -2.37. The van der Waals surface area contributed by atoms with E-state index in [4.69, 9.17) is 0 Å². The topological polar surface area (TPSA) is 6.48 Å². The molecular formula is C14H24BN2. The lowest BCUT2D eigenvalue weighted by molar-refractivity contribution is 0.445. The average Bonchev–Trinajstić information content (AvgIpc) is 2.30. The molecule has 1 aromatic rings. The lowest BCUT2D eigenvalue weighted by atomic mass is 9.80. The first-order valence-corrected chi connectivity index (χ1v) is 6.53. The Balaban J connectivity index is 2.59. The van der Waals surface area contributed by atoms with Gasteiger partial charge in [-0.05, 0) is 38.1 Å². The maximum absolute atomic E-state index is 2.41. The average molecular weight is 231 g/mol. The molecule has 0 heterocycles. The third-order valence-electron chi connectivity index (χ3n) is 2.76. The van der Waals surface area contributed by atoms with Gasteiger partial charge in [-0.3, -0.25) is 0 Å². The van der Waals surface area contributed by atoms with Crippen LogP contribution in [0.15, 0.2) is 24.3 Å². The molecule has 0 amide bonds. The van der Waals surface area contributed by atoms with E-state index in [1.54, 1.807) is 0 Å². The van der Waals surface area contributed by atoms with Crippen LogP contribution in [0.4, 0.5) is 5.69 Å². The Kier molecular flexibility index (Phi) is 6.13. The highest BCUT2D eigenvalue weighted by molar-refractivity contribution is 6.50. The molecule has 0 unspecified atom stereocenters. The molecule has 0 N–H and O–H groups in total. The SMILES string of the molecule is CCCN([B]c1ccc(N(C)C)cc1)CCC. The molecule has 1 aromatic carbocycles. The van der Waals surface area contributed by atoms with E-state index >= 15 is 0 Å². The van der Waals surface area contributed by atoms with Gasteiger partial charge in [0.2, 0.25) is 7.41 Å². The molecule has 0 aliphatic rings. The first-order valence-electron chi connectivity index (χ1n) is 6.53. The van der Waals surface area contributed by atoms with Gasteiger partial charge < -0.3 is 9.71 Å². The standard InChI is InChI=1S/C14H24BN2/c1-5-11-17(12-6-2)15-13-7-9-14(10-8-13)16(3)4/h7-10H,5-6,11-12H2,1-4H3. The minimum atomic E-state index is 1.14. The van der Waals surface area contributed by atoms with Crippen LogP contribution in [0.2, 0.25) is 0 Å². The van der Waals surface area contributed by atoms with E-state index < -0.39 is 0 Å². The van der Waals surface area contributed by atoms with Gasteiger partial charge in [0.15, 0.2) is 0 Å². The summed E-state index contributed by atoms with van der Waals surface area (Å²) < 4.78 is 0. The van der Waals surface area contributed by atoms with E-state index in [1.807, 2.05) is 0 Å². The number of benzene rings is 1. The van der Waals surface area contributed by atoms with Gasteiger partial charge in [-0.25, -0.2) is 0 Å². The third kappa shape index (κ3) is 4.82. The Labute approximate surface area is 107 Å². The van der Waals surface area contributed by atoms with Crippen molar-refractivity contribution in [1.82, 2.24) is 4.81 Å².